The Labute approximate surface area is 125 Å². The van der Waals surface area contributed by atoms with Gasteiger partial charge in [0, 0.05) is 6.20 Å². The van der Waals surface area contributed by atoms with Crippen molar-refractivity contribution >= 4 is 34.0 Å². The second kappa shape index (κ2) is 4.80. The molecule has 0 aliphatic rings. The van der Waals surface area contributed by atoms with Crippen molar-refractivity contribution in [1.82, 2.24) is 14.5 Å². The van der Waals surface area contributed by atoms with Crippen molar-refractivity contribution in [2.24, 2.45) is 0 Å². The van der Waals surface area contributed by atoms with Gasteiger partial charge in [0.15, 0.2) is 23.0 Å². The molecular formula is C14H12IN3O. The molecule has 0 fully saturated rings. The molecule has 3 rings (SSSR count). The summed E-state index contributed by atoms with van der Waals surface area (Å²) in [6.07, 6.45) is 3.58. The van der Waals surface area contributed by atoms with Crippen LogP contribution in [0.5, 0.6) is 5.75 Å². The maximum Gasteiger partial charge on any atom is 0.192 e. The van der Waals surface area contributed by atoms with Crippen molar-refractivity contribution < 1.29 is 3.07 Å². The monoisotopic (exact) mass is 365 g/mol. The molecule has 0 spiro atoms. The molecule has 0 saturated carbocycles. The maximum absolute atomic E-state index is 5.22. The number of imidazole rings is 1. The van der Waals surface area contributed by atoms with E-state index in [4.69, 9.17) is 3.07 Å². The second-order valence-electron chi connectivity index (χ2n) is 4.38. The first-order chi connectivity index (χ1) is 9.20. The van der Waals surface area contributed by atoms with E-state index < -0.39 is 0 Å². The van der Waals surface area contributed by atoms with Gasteiger partial charge in [-0.25, -0.2) is 4.98 Å². The van der Waals surface area contributed by atoms with Crippen molar-refractivity contribution in [3.8, 4) is 11.4 Å². The van der Waals surface area contributed by atoms with Gasteiger partial charge in [0.05, 0.1) is 17.4 Å². The topological polar surface area (TPSA) is 39.9 Å². The molecule has 0 aliphatic heterocycles. The Morgan fingerprint density at radius 3 is 2.79 bits per heavy atom. The molecule has 0 bridgehead atoms. The first kappa shape index (κ1) is 12.4. The lowest BCUT2D eigenvalue weighted by molar-refractivity contribution is 0.715. The zero-order valence-corrected chi connectivity index (χ0v) is 12.7. The van der Waals surface area contributed by atoms with Gasteiger partial charge in [-0.05, 0) is 43.7 Å². The van der Waals surface area contributed by atoms with Gasteiger partial charge in [-0.1, -0.05) is 0 Å². The van der Waals surface area contributed by atoms with Crippen LogP contribution in [0.25, 0.3) is 16.7 Å². The van der Waals surface area contributed by atoms with Gasteiger partial charge in [0.2, 0.25) is 0 Å². The summed E-state index contributed by atoms with van der Waals surface area (Å²) in [5.41, 5.74) is 4.24. The van der Waals surface area contributed by atoms with E-state index in [-0.39, 0.29) is 0 Å². The van der Waals surface area contributed by atoms with E-state index >= 15 is 0 Å². The Bertz CT molecular complexity index is 752. The molecule has 2 heterocycles. The highest BCUT2D eigenvalue weighted by molar-refractivity contribution is 14.1. The zero-order chi connectivity index (χ0) is 13.4. The maximum atomic E-state index is 5.22. The minimum absolute atomic E-state index is 0.852. The van der Waals surface area contributed by atoms with Gasteiger partial charge in [-0.2, -0.15) is 0 Å². The van der Waals surface area contributed by atoms with E-state index in [1.54, 1.807) is 12.4 Å². The van der Waals surface area contributed by atoms with Crippen molar-refractivity contribution in [2.45, 2.75) is 13.8 Å². The van der Waals surface area contributed by atoms with E-state index in [1.807, 2.05) is 48.1 Å². The first-order valence-corrected chi connectivity index (χ1v) is 6.77. The molecule has 19 heavy (non-hydrogen) atoms. The van der Waals surface area contributed by atoms with E-state index in [1.165, 1.54) is 0 Å². The molecule has 2 aromatic heterocycles. The fraction of sp³-hybridized carbons (Fsp3) is 0.143. The summed E-state index contributed by atoms with van der Waals surface area (Å²) in [5.74, 6) is 1.81. The van der Waals surface area contributed by atoms with Gasteiger partial charge in [-0.3, -0.25) is 9.55 Å². The van der Waals surface area contributed by atoms with Gasteiger partial charge in [-0.15, -0.1) is 0 Å². The summed E-state index contributed by atoms with van der Waals surface area (Å²) >= 11 is 1.89. The second-order valence-corrected chi connectivity index (χ2v) is 4.82. The molecule has 4 nitrogen and oxygen atoms in total. The highest BCUT2D eigenvalue weighted by Crippen LogP contribution is 2.26. The van der Waals surface area contributed by atoms with Gasteiger partial charge in [0.25, 0.3) is 0 Å². The fourth-order valence-electron chi connectivity index (χ4n) is 2.28. The van der Waals surface area contributed by atoms with Gasteiger partial charge >= 0.3 is 0 Å². The Morgan fingerprint density at radius 1 is 1.21 bits per heavy atom. The minimum Gasteiger partial charge on any atom is -0.428 e. The fourth-order valence-corrected chi connectivity index (χ4v) is 2.56. The standard InChI is InChI=1S/C14H12IN3O/c1-9-7-11(19-15)3-4-13(9)18-10(2)17-12-8-16-6-5-14(12)18/h3-8H,1-2H3. The molecule has 0 saturated heterocycles. The van der Waals surface area contributed by atoms with Gasteiger partial charge in [0.1, 0.15) is 17.1 Å². The number of aryl methyl sites for hydroxylation is 2. The number of pyridine rings is 1. The Hall–Kier alpha value is -1.63. The molecule has 1 aromatic carbocycles. The number of hydrogen-bond donors (Lipinski definition) is 0. The summed E-state index contributed by atoms with van der Waals surface area (Å²) in [4.78, 5) is 8.65. The lowest BCUT2D eigenvalue weighted by atomic mass is 10.2. The number of rotatable bonds is 2. The van der Waals surface area contributed by atoms with Crippen molar-refractivity contribution in [1.29, 1.82) is 0 Å². The molecule has 0 radical (unpaired) electrons. The highest BCUT2D eigenvalue weighted by Gasteiger charge is 2.11. The molecule has 0 atom stereocenters. The van der Waals surface area contributed by atoms with Crippen LogP contribution >= 0.6 is 23.0 Å². The van der Waals surface area contributed by atoms with Crippen LogP contribution in [0, 0.1) is 13.8 Å². The largest absolute Gasteiger partial charge is 0.428 e. The zero-order valence-electron chi connectivity index (χ0n) is 10.6. The normalized spacial score (nSPS) is 10.9. The van der Waals surface area contributed by atoms with E-state index in [0.29, 0.717) is 0 Å². The first-order valence-electron chi connectivity index (χ1n) is 5.89. The predicted molar refractivity (Wildman–Crippen MR) is 83.0 cm³/mol. The summed E-state index contributed by atoms with van der Waals surface area (Å²) in [7, 11) is 0. The molecule has 3 aromatic rings. The van der Waals surface area contributed by atoms with Crippen LogP contribution in [-0.4, -0.2) is 14.5 Å². The predicted octanol–water partition coefficient (Wildman–Crippen LogP) is 3.77. The van der Waals surface area contributed by atoms with Crippen LogP contribution in [0.1, 0.15) is 11.4 Å². The van der Waals surface area contributed by atoms with Crippen LogP contribution < -0.4 is 3.07 Å². The molecule has 0 aliphatic carbocycles. The number of benzene rings is 1. The quantitative estimate of drug-likeness (QED) is 0.650. The van der Waals surface area contributed by atoms with Crippen molar-refractivity contribution in [3.05, 3.63) is 48.0 Å². The van der Waals surface area contributed by atoms with E-state index in [0.717, 1.165) is 33.9 Å². The van der Waals surface area contributed by atoms with Crippen LogP contribution in [-0.2, 0) is 0 Å². The average Bonchev–Trinajstić information content (AvgIpc) is 2.75. The molecule has 0 unspecified atom stereocenters. The smallest absolute Gasteiger partial charge is 0.192 e. The van der Waals surface area contributed by atoms with E-state index in [2.05, 4.69) is 27.5 Å². The number of nitrogens with zero attached hydrogens (tertiary/aromatic N) is 3. The minimum atomic E-state index is 0.852. The molecule has 0 N–H and O–H groups in total. The number of fused-ring (bicyclic) bond motifs is 1. The summed E-state index contributed by atoms with van der Waals surface area (Å²) in [5, 5.41) is 0. The number of hydrogen-bond acceptors (Lipinski definition) is 3. The summed E-state index contributed by atoms with van der Waals surface area (Å²) in [6.45, 7) is 4.07. The molecule has 96 valence electrons. The van der Waals surface area contributed by atoms with Crippen LogP contribution in [0.2, 0.25) is 0 Å². The average molecular weight is 365 g/mol. The third-order valence-corrected chi connectivity index (χ3v) is 3.63. The van der Waals surface area contributed by atoms with Crippen molar-refractivity contribution in [2.75, 3.05) is 0 Å². The van der Waals surface area contributed by atoms with Crippen molar-refractivity contribution in [3.63, 3.8) is 0 Å². The van der Waals surface area contributed by atoms with Crippen LogP contribution in [0.4, 0.5) is 0 Å². The molecule has 0 amide bonds. The third kappa shape index (κ3) is 2.07. The summed E-state index contributed by atoms with van der Waals surface area (Å²) in [6, 6.07) is 8.02. The SMILES string of the molecule is Cc1cc(OI)ccc1-n1c(C)nc2cnccc21. The number of halogens is 1. The van der Waals surface area contributed by atoms with Crippen LogP contribution in [0.3, 0.4) is 0 Å². The Balaban J connectivity index is 2.27. The number of aromatic nitrogens is 3. The lowest BCUT2D eigenvalue weighted by Crippen LogP contribution is -1.99. The van der Waals surface area contributed by atoms with Crippen LogP contribution in [0.15, 0.2) is 36.7 Å². The highest BCUT2D eigenvalue weighted by atomic mass is 127. The lowest BCUT2D eigenvalue weighted by Gasteiger charge is -2.11. The Morgan fingerprint density at radius 2 is 2.05 bits per heavy atom. The third-order valence-electron chi connectivity index (χ3n) is 3.12. The van der Waals surface area contributed by atoms with Gasteiger partial charge < -0.3 is 3.07 Å². The van der Waals surface area contributed by atoms with E-state index in [9.17, 15) is 0 Å². The summed E-state index contributed by atoms with van der Waals surface area (Å²) < 4.78 is 7.36. The molecule has 5 heteroatoms. The molecular weight excluding hydrogens is 353 g/mol. The Kier molecular flexibility index (Phi) is 3.14.